The minimum Gasteiger partial charge on any atom is -0.351 e. The molecule has 0 spiro atoms. The molecule has 2 nitrogen and oxygen atoms in total. The molecular formula is C8H15NO. The van der Waals surface area contributed by atoms with E-state index < -0.39 is 0 Å². The Hall–Kier alpha value is -0.530. The molecule has 0 radical (unpaired) electrons. The van der Waals surface area contributed by atoms with E-state index in [0.717, 1.165) is 12.8 Å². The first-order valence-corrected chi connectivity index (χ1v) is 3.85. The van der Waals surface area contributed by atoms with Crippen LogP contribution in [0.1, 0.15) is 33.6 Å². The van der Waals surface area contributed by atoms with Gasteiger partial charge in [-0.05, 0) is 18.8 Å². The van der Waals surface area contributed by atoms with Crippen LogP contribution in [0.2, 0.25) is 0 Å². The zero-order valence-electron chi connectivity index (χ0n) is 6.90. The van der Waals surface area contributed by atoms with Gasteiger partial charge in [-0.3, -0.25) is 4.79 Å². The lowest BCUT2D eigenvalue weighted by Gasteiger charge is -2.19. The Morgan fingerprint density at radius 3 is 2.10 bits per heavy atom. The van der Waals surface area contributed by atoms with E-state index in [2.05, 4.69) is 19.2 Å². The first-order chi connectivity index (χ1) is 4.57. The van der Waals surface area contributed by atoms with Gasteiger partial charge < -0.3 is 5.32 Å². The molecular weight excluding hydrogens is 126 g/mol. The maximum absolute atomic E-state index is 10.7. The molecule has 1 rings (SSSR count). The second-order valence-corrected chi connectivity index (χ2v) is 3.49. The first-order valence-electron chi connectivity index (χ1n) is 3.85. The summed E-state index contributed by atoms with van der Waals surface area (Å²) in [5, 5.41) is 2.99. The van der Waals surface area contributed by atoms with E-state index in [0.29, 0.717) is 5.92 Å². The van der Waals surface area contributed by atoms with Gasteiger partial charge >= 0.3 is 0 Å². The average Bonchev–Trinajstić information content (AvgIpc) is 2.46. The molecule has 0 unspecified atom stereocenters. The van der Waals surface area contributed by atoms with Crippen molar-refractivity contribution in [1.29, 1.82) is 0 Å². The van der Waals surface area contributed by atoms with Crippen LogP contribution in [0.4, 0.5) is 0 Å². The van der Waals surface area contributed by atoms with E-state index in [1.807, 2.05) is 0 Å². The molecule has 1 amide bonds. The molecule has 2 heteroatoms. The van der Waals surface area contributed by atoms with E-state index in [1.165, 1.54) is 0 Å². The summed E-state index contributed by atoms with van der Waals surface area (Å²) in [5.41, 5.74) is 0.172. The van der Waals surface area contributed by atoms with Crippen LogP contribution in [0, 0.1) is 5.92 Å². The Labute approximate surface area is 62.0 Å². The van der Waals surface area contributed by atoms with Crippen LogP contribution in [0.15, 0.2) is 0 Å². The van der Waals surface area contributed by atoms with Gasteiger partial charge in [0.1, 0.15) is 0 Å². The van der Waals surface area contributed by atoms with Crippen molar-refractivity contribution in [3.63, 3.8) is 0 Å². The zero-order chi connectivity index (χ0) is 7.78. The highest BCUT2D eigenvalue weighted by Gasteiger charge is 2.45. The summed E-state index contributed by atoms with van der Waals surface area (Å²) in [6, 6.07) is 0. The molecule has 0 aromatic carbocycles. The highest BCUT2D eigenvalue weighted by atomic mass is 16.1. The summed E-state index contributed by atoms with van der Waals surface area (Å²) in [7, 11) is 0. The van der Waals surface area contributed by atoms with Crippen molar-refractivity contribution in [3.05, 3.63) is 0 Å². The first kappa shape index (κ1) is 7.58. The average molecular weight is 141 g/mol. The molecule has 1 aliphatic carbocycles. The standard InChI is InChI=1S/C8H15NO/c1-6(2)8(4-5-8)9-7(3)10/h6H,4-5H2,1-3H3,(H,9,10). The maximum atomic E-state index is 10.7. The molecule has 0 aromatic rings. The largest absolute Gasteiger partial charge is 0.351 e. The summed E-state index contributed by atoms with van der Waals surface area (Å²) in [6.07, 6.45) is 2.31. The van der Waals surface area contributed by atoms with Gasteiger partial charge in [0.15, 0.2) is 0 Å². The molecule has 1 aliphatic rings. The highest BCUT2D eigenvalue weighted by molar-refractivity contribution is 5.74. The van der Waals surface area contributed by atoms with Crippen LogP contribution in [0.3, 0.4) is 0 Å². The molecule has 58 valence electrons. The Kier molecular flexibility index (Phi) is 1.71. The number of rotatable bonds is 2. The van der Waals surface area contributed by atoms with Crippen molar-refractivity contribution in [2.24, 2.45) is 5.92 Å². The number of amides is 1. The van der Waals surface area contributed by atoms with Gasteiger partial charge in [0, 0.05) is 12.5 Å². The molecule has 0 aromatic heterocycles. The number of hydrogen-bond donors (Lipinski definition) is 1. The van der Waals surface area contributed by atoms with Gasteiger partial charge in [0.2, 0.25) is 5.91 Å². The Morgan fingerprint density at radius 1 is 1.50 bits per heavy atom. The summed E-state index contributed by atoms with van der Waals surface area (Å²) >= 11 is 0. The molecule has 0 heterocycles. The van der Waals surface area contributed by atoms with Crippen molar-refractivity contribution in [3.8, 4) is 0 Å². The van der Waals surface area contributed by atoms with E-state index in [-0.39, 0.29) is 11.4 Å². The van der Waals surface area contributed by atoms with Crippen LogP contribution >= 0.6 is 0 Å². The maximum Gasteiger partial charge on any atom is 0.217 e. The fourth-order valence-electron chi connectivity index (χ4n) is 1.33. The number of carbonyl (C=O) groups is 1. The highest BCUT2D eigenvalue weighted by Crippen LogP contribution is 2.41. The Balaban J connectivity index is 2.45. The monoisotopic (exact) mass is 141 g/mol. The molecule has 0 atom stereocenters. The fourth-order valence-corrected chi connectivity index (χ4v) is 1.33. The summed E-state index contributed by atoms with van der Waals surface area (Å²) < 4.78 is 0. The van der Waals surface area contributed by atoms with E-state index in [1.54, 1.807) is 6.92 Å². The SMILES string of the molecule is CC(=O)NC1(C(C)C)CC1. The molecule has 1 fully saturated rings. The van der Waals surface area contributed by atoms with Crippen LogP contribution in [-0.2, 0) is 4.79 Å². The summed E-state index contributed by atoms with van der Waals surface area (Å²) in [6.45, 7) is 5.90. The van der Waals surface area contributed by atoms with E-state index in [4.69, 9.17) is 0 Å². The summed E-state index contributed by atoms with van der Waals surface area (Å²) in [5.74, 6) is 0.683. The second kappa shape index (κ2) is 2.26. The van der Waals surface area contributed by atoms with Gasteiger partial charge in [-0.25, -0.2) is 0 Å². The van der Waals surface area contributed by atoms with Gasteiger partial charge in [-0.1, -0.05) is 13.8 Å². The van der Waals surface area contributed by atoms with Crippen molar-refractivity contribution in [2.45, 2.75) is 39.2 Å². The van der Waals surface area contributed by atoms with E-state index >= 15 is 0 Å². The molecule has 0 saturated heterocycles. The normalized spacial score (nSPS) is 20.8. The van der Waals surface area contributed by atoms with Gasteiger partial charge in [-0.2, -0.15) is 0 Å². The molecule has 10 heavy (non-hydrogen) atoms. The van der Waals surface area contributed by atoms with E-state index in [9.17, 15) is 4.79 Å². The molecule has 0 aliphatic heterocycles. The van der Waals surface area contributed by atoms with Crippen LogP contribution in [0.5, 0.6) is 0 Å². The molecule has 1 N–H and O–H groups in total. The van der Waals surface area contributed by atoms with Crippen LogP contribution in [0.25, 0.3) is 0 Å². The van der Waals surface area contributed by atoms with Crippen molar-refractivity contribution in [2.75, 3.05) is 0 Å². The predicted molar refractivity (Wildman–Crippen MR) is 40.6 cm³/mol. The smallest absolute Gasteiger partial charge is 0.217 e. The molecule has 1 saturated carbocycles. The lowest BCUT2D eigenvalue weighted by atomic mass is 10.0. The van der Waals surface area contributed by atoms with Gasteiger partial charge in [0.25, 0.3) is 0 Å². The van der Waals surface area contributed by atoms with Crippen molar-refractivity contribution in [1.82, 2.24) is 5.32 Å². The number of nitrogens with one attached hydrogen (secondary N) is 1. The topological polar surface area (TPSA) is 29.1 Å². The van der Waals surface area contributed by atoms with Crippen molar-refractivity contribution >= 4 is 5.91 Å². The number of hydrogen-bond acceptors (Lipinski definition) is 1. The number of carbonyl (C=O) groups excluding carboxylic acids is 1. The molecule has 0 bridgehead atoms. The van der Waals surface area contributed by atoms with Gasteiger partial charge in [0.05, 0.1) is 0 Å². The summed E-state index contributed by atoms with van der Waals surface area (Å²) in [4.78, 5) is 10.7. The fraction of sp³-hybridized carbons (Fsp3) is 0.875. The second-order valence-electron chi connectivity index (χ2n) is 3.49. The Bertz CT molecular complexity index is 147. The third-order valence-corrected chi connectivity index (χ3v) is 2.32. The Morgan fingerprint density at radius 2 is 2.00 bits per heavy atom. The minimum atomic E-state index is 0.103. The van der Waals surface area contributed by atoms with Crippen LogP contribution < -0.4 is 5.32 Å². The van der Waals surface area contributed by atoms with Crippen molar-refractivity contribution < 1.29 is 4.79 Å². The predicted octanol–water partition coefficient (Wildman–Crippen LogP) is 1.31. The third-order valence-electron chi connectivity index (χ3n) is 2.32. The quantitative estimate of drug-likeness (QED) is 0.617. The van der Waals surface area contributed by atoms with Crippen LogP contribution in [-0.4, -0.2) is 11.4 Å². The lowest BCUT2D eigenvalue weighted by molar-refractivity contribution is -0.120. The zero-order valence-corrected chi connectivity index (χ0v) is 6.90. The third kappa shape index (κ3) is 1.31. The van der Waals surface area contributed by atoms with Gasteiger partial charge in [-0.15, -0.1) is 0 Å². The lowest BCUT2D eigenvalue weighted by Crippen LogP contribution is -2.39. The minimum absolute atomic E-state index is 0.103.